The molecule has 0 rings (SSSR count). The third kappa shape index (κ3) is 18.3. The van der Waals surface area contributed by atoms with Crippen LogP contribution in [0.1, 0.15) is 64.7 Å². The van der Waals surface area contributed by atoms with Crippen LogP contribution < -0.4 is 0 Å². The molecule has 0 amide bonds. The van der Waals surface area contributed by atoms with E-state index in [1.807, 2.05) is 18.2 Å². The lowest BCUT2D eigenvalue weighted by atomic mass is 10.1. The number of hydrogen-bond acceptors (Lipinski definition) is 2. The van der Waals surface area contributed by atoms with E-state index in [1.54, 1.807) is 6.08 Å². The minimum Gasteiger partial charge on any atom is -0.481 e. The molecule has 23 heavy (non-hydrogen) atoms. The van der Waals surface area contributed by atoms with E-state index in [9.17, 15) is 9.90 Å². The maximum absolute atomic E-state index is 10.3. The summed E-state index contributed by atoms with van der Waals surface area (Å²) in [5.41, 5.74) is 0. The van der Waals surface area contributed by atoms with Crippen LogP contribution in [-0.4, -0.2) is 22.3 Å². The number of hydrogen-bond donors (Lipinski definition) is 2. The lowest BCUT2D eigenvalue weighted by Crippen LogP contribution is -2.03. The lowest BCUT2D eigenvalue weighted by molar-refractivity contribution is -0.137. The van der Waals surface area contributed by atoms with E-state index in [2.05, 4.69) is 31.2 Å². The van der Waals surface area contributed by atoms with Crippen LogP contribution in [0.2, 0.25) is 0 Å². The molecule has 0 aliphatic rings. The van der Waals surface area contributed by atoms with Crippen molar-refractivity contribution in [1.29, 1.82) is 0 Å². The van der Waals surface area contributed by atoms with E-state index < -0.39 is 12.1 Å². The van der Waals surface area contributed by atoms with Crippen molar-refractivity contribution in [3.05, 3.63) is 48.6 Å². The number of allylic oxidation sites excluding steroid dienone is 7. The van der Waals surface area contributed by atoms with Gasteiger partial charge in [-0.3, -0.25) is 4.79 Å². The molecule has 0 bridgehead atoms. The van der Waals surface area contributed by atoms with E-state index in [0.29, 0.717) is 12.8 Å². The lowest BCUT2D eigenvalue weighted by Gasteiger charge is -2.02. The van der Waals surface area contributed by atoms with Gasteiger partial charge in [0.2, 0.25) is 0 Å². The van der Waals surface area contributed by atoms with Gasteiger partial charge in [-0.25, -0.2) is 0 Å². The van der Waals surface area contributed by atoms with E-state index in [4.69, 9.17) is 5.11 Å². The first-order valence-corrected chi connectivity index (χ1v) is 8.70. The Bertz CT molecular complexity index is 392. The quantitative estimate of drug-likeness (QED) is 0.263. The predicted octanol–water partition coefficient (Wildman–Crippen LogP) is 5.19. The Balaban J connectivity index is 3.59. The number of carboxylic acid groups (broad SMARTS) is 1. The molecule has 0 unspecified atom stereocenters. The van der Waals surface area contributed by atoms with E-state index in [0.717, 1.165) is 12.8 Å². The number of carboxylic acids is 1. The summed E-state index contributed by atoms with van der Waals surface area (Å²) in [6, 6.07) is 0. The monoisotopic (exact) mass is 320 g/mol. The molecule has 0 saturated heterocycles. The first-order chi connectivity index (χ1) is 11.2. The molecule has 2 N–H and O–H groups in total. The molecule has 0 aromatic rings. The molecule has 0 fully saturated rings. The first-order valence-electron chi connectivity index (χ1n) is 8.70. The number of aliphatic hydroxyl groups excluding tert-OH is 1. The van der Waals surface area contributed by atoms with Crippen molar-refractivity contribution in [2.45, 2.75) is 70.8 Å². The van der Waals surface area contributed by atoms with Crippen LogP contribution in [0.4, 0.5) is 0 Å². The fourth-order valence-corrected chi connectivity index (χ4v) is 1.98. The highest BCUT2D eigenvalue weighted by molar-refractivity contribution is 5.66. The van der Waals surface area contributed by atoms with Crippen LogP contribution >= 0.6 is 0 Å². The van der Waals surface area contributed by atoms with Gasteiger partial charge in [-0.1, -0.05) is 68.4 Å². The molecule has 0 heterocycles. The highest BCUT2D eigenvalue weighted by Crippen LogP contribution is 2.03. The molecule has 130 valence electrons. The second kappa shape index (κ2) is 16.8. The molecule has 3 heteroatoms. The highest BCUT2D eigenvalue weighted by Gasteiger charge is 2.01. The van der Waals surface area contributed by atoms with Crippen molar-refractivity contribution in [2.24, 2.45) is 0 Å². The second-order valence-corrected chi connectivity index (χ2v) is 5.58. The zero-order chi connectivity index (χ0) is 17.2. The van der Waals surface area contributed by atoms with Crippen LogP contribution in [0, 0.1) is 0 Å². The summed E-state index contributed by atoms with van der Waals surface area (Å²) in [4.78, 5) is 10.3. The summed E-state index contributed by atoms with van der Waals surface area (Å²) in [6.07, 6.45) is 23.6. The normalized spacial score (nSPS) is 13.8. The van der Waals surface area contributed by atoms with Crippen molar-refractivity contribution < 1.29 is 15.0 Å². The van der Waals surface area contributed by atoms with Gasteiger partial charge in [0.1, 0.15) is 0 Å². The van der Waals surface area contributed by atoms with Gasteiger partial charge in [-0.15, -0.1) is 0 Å². The minimum absolute atomic E-state index is 0.110. The molecule has 0 aromatic carbocycles. The Morgan fingerprint density at radius 2 is 1.65 bits per heavy atom. The van der Waals surface area contributed by atoms with Crippen LogP contribution in [0.15, 0.2) is 48.6 Å². The Morgan fingerprint density at radius 3 is 2.35 bits per heavy atom. The van der Waals surface area contributed by atoms with Gasteiger partial charge in [-0.05, 0) is 38.5 Å². The molecule has 0 saturated carbocycles. The third-order valence-electron chi connectivity index (χ3n) is 3.32. The van der Waals surface area contributed by atoms with Crippen molar-refractivity contribution >= 4 is 5.97 Å². The standard InChI is InChI=1S/C20H32O3/c1-2-3-4-5-6-7-8-9-10-11-12-13-14-16-19(21)17-15-18-20(22)23/h6-7,9-10,12-14,16,19,21H,2-5,8,11,15,17-18H2,1H3,(H,22,23)/b7-6-,10-9-,13-12-,16-14+/t19-/m0/s1. The third-order valence-corrected chi connectivity index (χ3v) is 3.32. The van der Waals surface area contributed by atoms with Gasteiger partial charge in [-0.2, -0.15) is 0 Å². The molecule has 3 nitrogen and oxygen atoms in total. The molecular weight excluding hydrogens is 288 g/mol. The zero-order valence-corrected chi connectivity index (χ0v) is 14.4. The topological polar surface area (TPSA) is 57.5 Å². The summed E-state index contributed by atoms with van der Waals surface area (Å²) in [7, 11) is 0. The second-order valence-electron chi connectivity index (χ2n) is 5.58. The van der Waals surface area contributed by atoms with Crippen molar-refractivity contribution in [1.82, 2.24) is 0 Å². The van der Waals surface area contributed by atoms with Gasteiger partial charge in [0.05, 0.1) is 6.10 Å². The number of carbonyl (C=O) groups is 1. The average molecular weight is 320 g/mol. The summed E-state index contributed by atoms with van der Waals surface area (Å²) >= 11 is 0. The summed E-state index contributed by atoms with van der Waals surface area (Å²) < 4.78 is 0. The molecule has 1 atom stereocenters. The van der Waals surface area contributed by atoms with Crippen molar-refractivity contribution in [2.75, 3.05) is 0 Å². The zero-order valence-electron chi connectivity index (χ0n) is 14.4. The Morgan fingerprint density at radius 1 is 0.957 bits per heavy atom. The van der Waals surface area contributed by atoms with E-state index in [1.165, 1.54) is 25.7 Å². The summed E-state index contributed by atoms with van der Waals surface area (Å²) in [6.45, 7) is 2.22. The van der Waals surface area contributed by atoms with E-state index >= 15 is 0 Å². The Labute approximate surface area is 141 Å². The average Bonchev–Trinajstić information content (AvgIpc) is 2.51. The fourth-order valence-electron chi connectivity index (χ4n) is 1.98. The van der Waals surface area contributed by atoms with Crippen LogP contribution in [0.5, 0.6) is 0 Å². The molecule has 0 radical (unpaired) electrons. The number of unbranched alkanes of at least 4 members (excludes halogenated alkanes) is 3. The molecule has 0 aromatic heterocycles. The smallest absolute Gasteiger partial charge is 0.303 e. The minimum atomic E-state index is -0.816. The number of aliphatic hydroxyl groups is 1. The molecule has 0 aliphatic heterocycles. The molecule has 0 aliphatic carbocycles. The van der Waals surface area contributed by atoms with Gasteiger partial charge >= 0.3 is 5.97 Å². The van der Waals surface area contributed by atoms with Crippen molar-refractivity contribution in [3.63, 3.8) is 0 Å². The van der Waals surface area contributed by atoms with Gasteiger partial charge in [0, 0.05) is 6.42 Å². The van der Waals surface area contributed by atoms with Gasteiger partial charge in [0.15, 0.2) is 0 Å². The molecule has 0 spiro atoms. The van der Waals surface area contributed by atoms with Crippen LogP contribution in [0.25, 0.3) is 0 Å². The van der Waals surface area contributed by atoms with Crippen molar-refractivity contribution in [3.8, 4) is 0 Å². The maximum atomic E-state index is 10.3. The number of aliphatic carboxylic acids is 1. The Hall–Kier alpha value is -1.61. The van der Waals surface area contributed by atoms with E-state index in [-0.39, 0.29) is 6.42 Å². The molecular formula is C20H32O3. The summed E-state index contributed by atoms with van der Waals surface area (Å²) in [5, 5.41) is 18.1. The fraction of sp³-hybridized carbons (Fsp3) is 0.550. The first kappa shape index (κ1) is 21.4. The maximum Gasteiger partial charge on any atom is 0.303 e. The van der Waals surface area contributed by atoms with Crippen LogP contribution in [-0.2, 0) is 4.79 Å². The SMILES string of the molecule is CCCCC/C=C\C/C=C\C/C=C\C=C\[C@H](O)CCCC(=O)O. The Kier molecular flexibility index (Phi) is 15.6. The van der Waals surface area contributed by atoms with Gasteiger partial charge in [0.25, 0.3) is 0 Å². The predicted molar refractivity (Wildman–Crippen MR) is 97.4 cm³/mol. The largest absolute Gasteiger partial charge is 0.481 e. The number of rotatable bonds is 14. The van der Waals surface area contributed by atoms with Gasteiger partial charge < -0.3 is 10.2 Å². The highest BCUT2D eigenvalue weighted by atomic mass is 16.4. The van der Waals surface area contributed by atoms with Crippen LogP contribution in [0.3, 0.4) is 0 Å². The summed E-state index contributed by atoms with van der Waals surface area (Å²) in [5.74, 6) is -0.816.